The molecule has 0 spiro atoms. The summed E-state index contributed by atoms with van der Waals surface area (Å²) in [7, 11) is -3.86. The minimum Gasteiger partial charge on any atom is -0.478 e. The molecule has 55 heavy (non-hydrogen) atoms. The highest BCUT2D eigenvalue weighted by atomic mass is 35.5. The van der Waals surface area contributed by atoms with Crippen molar-refractivity contribution < 1.29 is 41.8 Å². The van der Waals surface area contributed by atoms with Crippen molar-refractivity contribution in [3.63, 3.8) is 0 Å². The number of carbonyl (C=O) groups is 4. The third-order valence-corrected chi connectivity index (χ3v) is 13.6. The van der Waals surface area contributed by atoms with Crippen LogP contribution in [0, 0.1) is 29.1 Å². The van der Waals surface area contributed by atoms with E-state index < -0.39 is 50.6 Å². The molecule has 3 fully saturated rings. The number of sulfonamides is 1. The molecule has 0 unspecified atom stereocenters. The molecule has 7 atom stereocenters. The van der Waals surface area contributed by atoms with E-state index in [2.05, 4.69) is 16.6 Å². The van der Waals surface area contributed by atoms with E-state index in [1.54, 1.807) is 32.0 Å². The lowest BCUT2D eigenvalue weighted by Crippen LogP contribution is -2.47. The summed E-state index contributed by atoms with van der Waals surface area (Å²) in [6.45, 7) is 10.0. The number of rotatable bonds is 11. The minimum atomic E-state index is -3.86. The number of benzene rings is 1. The van der Waals surface area contributed by atoms with Gasteiger partial charge in [-0.25, -0.2) is 8.42 Å². The van der Waals surface area contributed by atoms with Crippen molar-refractivity contribution >= 4 is 56.0 Å². The van der Waals surface area contributed by atoms with Gasteiger partial charge in [-0.2, -0.15) is 4.98 Å². The number of aromatic nitrogens is 1. The predicted octanol–water partition coefficient (Wildman–Crippen LogP) is 6.57. The van der Waals surface area contributed by atoms with Crippen molar-refractivity contribution in [2.45, 2.75) is 122 Å². The highest BCUT2D eigenvalue weighted by Crippen LogP contribution is 2.57. The number of pyridine rings is 1. The van der Waals surface area contributed by atoms with Gasteiger partial charge in [-0.1, -0.05) is 50.6 Å². The highest BCUT2D eigenvalue weighted by molar-refractivity contribution is 7.90. The second-order valence-corrected chi connectivity index (χ2v) is 18.8. The first-order valence-corrected chi connectivity index (χ1v) is 21.7. The van der Waals surface area contributed by atoms with E-state index in [4.69, 9.17) is 25.8 Å². The smallest absolute Gasteiger partial charge is 0.306 e. The van der Waals surface area contributed by atoms with Crippen molar-refractivity contribution in [3.8, 4) is 11.8 Å². The van der Waals surface area contributed by atoms with Gasteiger partial charge in [0.2, 0.25) is 33.6 Å². The summed E-state index contributed by atoms with van der Waals surface area (Å²) >= 11 is 6.60. The number of fused-ring (bicyclic) bond motifs is 3. The highest BCUT2D eigenvalue weighted by Gasteiger charge is 2.61. The molecule has 1 N–H and O–H groups in total. The van der Waals surface area contributed by atoms with E-state index in [9.17, 15) is 27.6 Å². The fraction of sp³-hybridized carbons (Fsp3) is 0.634. The van der Waals surface area contributed by atoms with Crippen LogP contribution in [0.25, 0.3) is 10.8 Å². The van der Waals surface area contributed by atoms with E-state index in [0.29, 0.717) is 54.0 Å². The first-order valence-electron chi connectivity index (χ1n) is 19.8. The lowest BCUT2D eigenvalue weighted by molar-refractivity contribution is -0.154. The lowest BCUT2D eigenvalue weighted by atomic mass is 9.82. The number of ketones is 1. The second kappa shape index (κ2) is 16.8. The van der Waals surface area contributed by atoms with Crippen molar-refractivity contribution in [2.75, 3.05) is 13.2 Å². The largest absolute Gasteiger partial charge is 0.478 e. The fourth-order valence-corrected chi connectivity index (χ4v) is 9.81. The van der Waals surface area contributed by atoms with Gasteiger partial charge >= 0.3 is 5.97 Å². The third-order valence-electron chi connectivity index (χ3n) is 11.4. The molecular weight excluding hydrogens is 746 g/mol. The van der Waals surface area contributed by atoms with Crippen molar-refractivity contribution in [2.24, 2.45) is 29.1 Å². The molecule has 14 heteroatoms. The number of hydrogen-bond donors (Lipinski definition) is 1. The molecule has 2 amide bonds. The fourth-order valence-electron chi connectivity index (χ4n) is 8.19. The Bertz CT molecular complexity index is 1930. The maximum Gasteiger partial charge on any atom is 0.306 e. The van der Waals surface area contributed by atoms with Crippen LogP contribution in [0.5, 0.6) is 11.8 Å². The summed E-state index contributed by atoms with van der Waals surface area (Å²) in [5, 5.41) is 1.19. The van der Waals surface area contributed by atoms with Crippen molar-refractivity contribution in [1.82, 2.24) is 14.6 Å². The summed E-state index contributed by atoms with van der Waals surface area (Å²) < 4.78 is 46.1. The number of halogens is 1. The number of nitrogens with zero attached hydrogens (tertiary/aromatic N) is 2. The quantitative estimate of drug-likeness (QED) is 0.195. The van der Waals surface area contributed by atoms with Crippen LogP contribution >= 0.6 is 11.6 Å². The molecule has 1 aromatic carbocycles. The van der Waals surface area contributed by atoms with Crippen LogP contribution in [0.4, 0.5) is 0 Å². The van der Waals surface area contributed by atoms with Gasteiger partial charge in [0.25, 0.3) is 0 Å². The van der Waals surface area contributed by atoms with Crippen LogP contribution in [0.3, 0.4) is 0 Å². The van der Waals surface area contributed by atoms with Crippen LogP contribution in [0.1, 0.15) is 98.8 Å². The molecule has 12 nitrogen and oxygen atoms in total. The maximum atomic E-state index is 14.8. The normalized spacial score (nSPS) is 29.5. The zero-order valence-electron chi connectivity index (χ0n) is 32.4. The lowest BCUT2D eigenvalue weighted by Gasteiger charge is -2.32. The molecule has 2 aromatic rings. The van der Waals surface area contributed by atoms with E-state index >= 15 is 0 Å². The Kier molecular flexibility index (Phi) is 12.5. The number of carbonyl (C=O) groups excluding carboxylic acids is 4. The number of amides is 2. The standard InChI is InChI=1S/C41H54ClN3O9S/c1-6-16-52-36-19-32-30(12-9-13-33(32)42)38(43-36)54-28-18-34-35(46)22-41(40(49)44-55(50,51)29-14-15-29)21-27(41)11-8-7-10-25(4)17-26(5)31(39(48)45(34)23-28)20-37(47)53-24(2)3/h8-9,11-13,19,24-29,31,34H,6-7,10,14-18,20-23H2,1-5H3,(H,44,49)/b11-8-/t25-,26+,27+,28+,31-,34-,41+/m0/s1. The number of nitrogens with one attached hydrogen (secondary N) is 1. The Balaban J connectivity index is 1.36. The van der Waals surface area contributed by atoms with E-state index in [1.165, 1.54) is 4.90 Å². The zero-order chi connectivity index (χ0) is 39.7. The SMILES string of the molecule is CCCOc1cc2c(Cl)cccc2c(O[C@@H]2C[C@H]3C(=O)C[C@]4(C(=O)NS(=O)(=O)C5CC5)C[C@H]4/C=C\CC[C@H](C)C[C@@H](C)[C@H](CC(=O)OC(C)C)C(=O)N3C2)n1. The minimum absolute atomic E-state index is 0.0234. The van der Waals surface area contributed by atoms with Gasteiger partial charge in [0.1, 0.15) is 6.10 Å². The van der Waals surface area contributed by atoms with Crippen LogP contribution in [0.15, 0.2) is 36.4 Å². The second-order valence-electron chi connectivity index (χ2n) is 16.4. The Hall–Kier alpha value is -3.71. The Morgan fingerprint density at radius 1 is 1.11 bits per heavy atom. The number of ether oxygens (including phenoxy) is 3. The van der Waals surface area contributed by atoms with Gasteiger partial charge in [-0.3, -0.25) is 23.9 Å². The average Bonchev–Trinajstić information content (AvgIpc) is 4.04. The summed E-state index contributed by atoms with van der Waals surface area (Å²) in [4.78, 5) is 62.6. The monoisotopic (exact) mass is 799 g/mol. The van der Waals surface area contributed by atoms with Crippen LogP contribution in [0.2, 0.25) is 5.02 Å². The van der Waals surface area contributed by atoms with Gasteiger partial charge in [-0.15, -0.1) is 0 Å². The zero-order valence-corrected chi connectivity index (χ0v) is 34.0. The number of esters is 1. The van der Waals surface area contributed by atoms with Crippen molar-refractivity contribution in [1.29, 1.82) is 0 Å². The molecule has 1 aromatic heterocycles. The molecule has 6 rings (SSSR count). The molecule has 300 valence electrons. The molecule has 3 heterocycles. The van der Waals surface area contributed by atoms with Crippen LogP contribution < -0.4 is 14.2 Å². The number of Topliss-reactive ketones (excluding diaryl/α,β-unsaturated/α-hetero) is 1. The van der Waals surface area contributed by atoms with E-state index in [-0.39, 0.29) is 67.2 Å². The summed E-state index contributed by atoms with van der Waals surface area (Å²) in [5.74, 6) is -2.44. The molecule has 2 aliphatic carbocycles. The Morgan fingerprint density at radius 3 is 2.58 bits per heavy atom. The third kappa shape index (κ3) is 9.47. The van der Waals surface area contributed by atoms with Gasteiger partial charge in [0.15, 0.2) is 5.78 Å². The summed E-state index contributed by atoms with van der Waals surface area (Å²) in [6.07, 6.45) is 6.85. The number of hydrogen-bond acceptors (Lipinski definition) is 10. The first kappa shape index (κ1) is 40.9. The molecule has 0 radical (unpaired) electrons. The Morgan fingerprint density at radius 2 is 1.87 bits per heavy atom. The molecule has 4 aliphatic rings. The summed E-state index contributed by atoms with van der Waals surface area (Å²) in [5.41, 5.74) is -1.26. The van der Waals surface area contributed by atoms with E-state index in [0.717, 1.165) is 19.3 Å². The topological polar surface area (TPSA) is 158 Å². The number of allylic oxidation sites excluding steroid dienone is 2. The maximum absolute atomic E-state index is 14.8. The van der Waals surface area contributed by atoms with Gasteiger partial charge in [-0.05, 0) is 88.7 Å². The molecule has 2 aliphatic heterocycles. The molecule has 2 saturated carbocycles. The van der Waals surface area contributed by atoms with Gasteiger partial charge in [0.05, 0.1) is 48.3 Å². The van der Waals surface area contributed by atoms with E-state index in [1.807, 2.05) is 32.1 Å². The van der Waals surface area contributed by atoms with Crippen molar-refractivity contribution in [3.05, 3.63) is 41.4 Å². The molecule has 0 bridgehead atoms. The molecule has 1 saturated heterocycles. The summed E-state index contributed by atoms with van der Waals surface area (Å²) in [6, 6.07) is 6.13. The predicted molar refractivity (Wildman–Crippen MR) is 208 cm³/mol. The average molecular weight is 800 g/mol. The van der Waals surface area contributed by atoms with Gasteiger partial charge in [0, 0.05) is 34.7 Å². The Labute approximate surface area is 329 Å². The van der Waals surface area contributed by atoms with Crippen LogP contribution in [-0.2, 0) is 33.9 Å². The first-order chi connectivity index (χ1) is 26.1. The molecular formula is C41H54ClN3O9S. The van der Waals surface area contributed by atoms with Gasteiger partial charge < -0.3 is 19.1 Å². The van der Waals surface area contributed by atoms with Crippen LogP contribution in [-0.4, -0.2) is 78.5 Å².